The van der Waals surface area contributed by atoms with E-state index in [9.17, 15) is 9.18 Å². The van der Waals surface area contributed by atoms with Crippen molar-refractivity contribution >= 4 is 21.8 Å². The van der Waals surface area contributed by atoms with Crippen LogP contribution in [0.2, 0.25) is 0 Å². The third-order valence-electron chi connectivity index (χ3n) is 2.73. The molecule has 2 rings (SSSR count). The van der Waals surface area contributed by atoms with Gasteiger partial charge in [-0.15, -0.1) is 0 Å². The predicted octanol–water partition coefficient (Wildman–Crippen LogP) is 3.47. The molecule has 1 N–H and O–H groups in total. The quantitative estimate of drug-likeness (QED) is 0.940. The maximum atomic E-state index is 13.7. The van der Waals surface area contributed by atoms with Gasteiger partial charge in [-0.3, -0.25) is 9.78 Å². The Kier molecular flexibility index (Phi) is 4.27. The number of carbonyl (C=O) groups excluding carboxylic acids is 1. The molecule has 0 spiro atoms. The minimum absolute atomic E-state index is 0.0316. The second-order valence-corrected chi connectivity index (χ2v) is 5.02. The van der Waals surface area contributed by atoms with Gasteiger partial charge in [-0.25, -0.2) is 4.39 Å². The van der Waals surface area contributed by atoms with Gasteiger partial charge in [0.15, 0.2) is 0 Å². The first kappa shape index (κ1) is 13.7. The third kappa shape index (κ3) is 3.38. The molecule has 1 amide bonds. The van der Waals surface area contributed by atoms with Crippen LogP contribution in [0.3, 0.4) is 0 Å². The van der Waals surface area contributed by atoms with Crippen LogP contribution in [0.4, 0.5) is 4.39 Å². The first-order valence-corrected chi connectivity index (χ1v) is 6.53. The van der Waals surface area contributed by atoms with Crippen molar-refractivity contribution in [1.82, 2.24) is 10.3 Å². The molecule has 1 aromatic heterocycles. The van der Waals surface area contributed by atoms with Gasteiger partial charge in [0.05, 0.1) is 11.6 Å². The van der Waals surface area contributed by atoms with Gasteiger partial charge in [-0.05, 0) is 42.8 Å². The Morgan fingerprint density at radius 3 is 2.63 bits per heavy atom. The zero-order chi connectivity index (χ0) is 13.8. The van der Waals surface area contributed by atoms with Crippen molar-refractivity contribution in [3.8, 4) is 0 Å². The highest BCUT2D eigenvalue weighted by atomic mass is 79.9. The highest BCUT2D eigenvalue weighted by Crippen LogP contribution is 2.17. The lowest BCUT2D eigenvalue weighted by molar-refractivity contribution is 0.0936. The van der Waals surface area contributed by atoms with Crippen molar-refractivity contribution in [3.05, 3.63) is 64.1 Å². The van der Waals surface area contributed by atoms with Crippen molar-refractivity contribution in [3.63, 3.8) is 0 Å². The van der Waals surface area contributed by atoms with E-state index in [0.29, 0.717) is 4.47 Å². The maximum absolute atomic E-state index is 13.7. The van der Waals surface area contributed by atoms with Crippen molar-refractivity contribution in [2.45, 2.75) is 13.0 Å². The number of benzene rings is 1. The van der Waals surface area contributed by atoms with Crippen LogP contribution in [0.15, 0.2) is 47.2 Å². The fourth-order valence-electron chi connectivity index (χ4n) is 1.68. The second kappa shape index (κ2) is 5.93. The molecule has 0 aliphatic rings. The van der Waals surface area contributed by atoms with E-state index >= 15 is 0 Å². The standard InChI is InChI=1S/C14H12BrFN2O/c1-9(10-4-6-17-7-5-10)18-14(19)12-3-2-11(15)8-13(12)16/h2-9H,1H3,(H,18,19)/t9-/m1/s1. The lowest BCUT2D eigenvalue weighted by atomic mass is 10.1. The molecule has 5 heteroatoms. The van der Waals surface area contributed by atoms with E-state index in [1.807, 2.05) is 19.1 Å². The van der Waals surface area contributed by atoms with E-state index in [4.69, 9.17) is 0 Å². The lowest BCUT2D eigenvalue weighted by Gasteiger charge is -2.14. The van der Waals surface area contributed by atoms with E-state index in [2.05, 4.69) is 26.2 Å². The zero-order valence-electron chi connectivity index (χ0n) is 10.2. The fraction of sp³-hybridized carbons (Fsp3) is 0.143. The van der Waals surface area contributed by atoms with Crippen LogP contribution >= 0.6 is 15.9 Å². The van der Waals surface area contributed by atoms with E-state index < -0.39 is 11.7 Å². The van der Waals surface area contributed by atoms with Crippen LogP contribution in [0.25, 0.3) is 0 Å². The van der Waals surface area contributed by atoms with Gasteiger partial charge < -0.3 is 5.32 Å². The van der Waals surface area contributed by atoms with Crippen LogP contribution in [0.5, 0.6) is 0 Å². The molecule has 3 nitrogen and oxygen atoms in total. The topological polar surface area (TPSA) is 42.0 Å². The molecule has 0 aliphatic carbocycles. The SMILES string of the molecule is C[C@@H](NC(=O)c1ccc(Br)cc1F)c1ccncc1. The molecular formula is C14H12BrFN2O. The van der Waals surface area contributed by atoms with E-state index in [-0.39, 0.29) is 11.6 Å². The number of carbonyl (C=O) groups is 1. The highest BCUT2D eigenvalue weighted by Gasteiger charge is 2.15. The second-order valence-electron chi connectivity index (χ2n) is 4.10. The Labute approximate surface area is 119 Å². The molecule has 0 radical (unpaired) electrons. The minimum atomic E-state index is -0.547. The molecule has 0 saturated heterocycles. The van der Waals surface area contributed by atoms with Crippen LogP contribution in [-0.2, 0) is 0 Å². The van der Waals surface area contributed by atoms with Gasteiger partial charge in [0, 0.05) is 16.9 Å². The van der Waals surface area contributed by atoms with Crippen LogP contribution in [-0.4, -0.2) is 10.9 Å². The average Bonchev–Trinajstić information content (AvgIpc) is 2.39. The normalized spacial score (nSPS) is 11.9. The maximum Gasteiger partial charge on any atom is 0.254 e. The summed E-state index contributed by atoms with van der Waals surface area (Å²) in [6.07, 6.45) is 3.30. The van der Waals surface area contributed by atoms with E-state index in [1.165, 1.54) is 12.1 Å². The summed E-state index contributed by atoms with van der Waals surface area (Å²) in [5.41, 5.74) is 0.949. The smallest absolute Gasteiger partial charge is 0.254 e. The van der Waals surface area contributed by atoms with Gasteiger partial charge in [-0.1, -0.05) is 15.9 Å². The molecule has 1 heterocycles. The van der Waals surface area contributed by atoms with Crippen molar-refractivity contribution in [1.29, 1.82) is 0 Å². The van der Waals surface area contributed by atoms with E-state index in [0.717, 1.165) is 5.56 Å². The Hall–Kier alpha value is -1.75. The fourth-order valence-corrected chi connectivity index (χ4v) is 2.02. The molecule has 0 saturated carbocycles. The third-order valence-corrected chi connectivity index (χ3v) is 3.22. The summed E-state index contributed by atoms with van der Waals surface area (Å²) in [5.74, 6) is -0.983. The summed E-state index contributed by atoms with van der Waals surface area (Å²) in [4.78, 5) is 15.9. The van der Waals surface area contributed by atoms with Crippen molar-refractivity contribution < 1.29 is 9.18 Å². The van der Waals surface area contributed by atoms with Crippen LogP contribution in [0, 0.1) is 5.82 Å². The predicted molar refractivity (Wildman–Crippen MR) is 74.2 cm³/mol. The summed E-state index contributed by atoms with van der Waals surface area (Å²) >= 11 is 3.15. The number of nitrogens with one attached hydrogen (secondary N) is 1. The van der Waals surface area contributed by atoms with Gasteiger partial charge >= 0.3 is 0 Å². The number of pyridine rings is 1. The Balaban J connectivity index is 2.13. The summed E-state index contributed by atoms with van der Waals surface area (Å²) < 4.78 is 14.3. The molecule has 1 atom stereocenters. The number of hydrogen-bond acceptors (Lipinski definition) is 2. The number of aromatic nitrogens is 1. The Morgan fingerprint density at radius 2 is 2.00 bits per heavy atom. The van der Waals surface area contributed by atoms with Gasteiger partial charge in [0.2, 0.25) is 0 Å². The number of halogens is 2. The van der Waals surface area contributed by atoms with Gasteiger partial charge in [0.1, 0.15) is 5.82 Å². The molecule has 98 valence electrons. The molecule has 2 aromatic rings. The zero-order valence-corrected chi connectivity index (χ0v) is 11.8. The molecule has 19 heavy (non-hydrogen) atoms. The summed E-state index contributed by atoms with van der Waals surface area (Å²) in [6, 6.07) is 7.76. The molecular weight excluding hydrogens is 311 g/mol. The number of nitrogens with zero attached hydrogens (tertiary/aromatic N) is 1. The molecule has 0 bridgehead atoms. The number of rotatable bonds is 3. The van der Waals surface area contributed by atoms with Crippen LogP contribution < -0.4 is 5.32 Å². The molecule has 0 aliphatic heterocycles. The van der Waals surface area contributed by atoms with Crippen molar-refractivity contribution in [2.24, 2.45) is 0 Å². The largest absolute Gasteiger partial charge is 0.345 e. The van der Waals surface area contributed by atoms with E-state index in [1.54, 1.807) is 18.5 Å². The van der Waals surface area contributed by atoms with Crippen molar-refractivity contribution in [2.75, 3.05) is 0 Å². The number of hydrogen-bond donors (Lipinski definition) is 1. The minimum Gasteiger partial charge on any atom is -0.345 e. The Bertz CT molecular complexity index is 589. The monoisotopic (exact) mass is 322 g/mol. The average molecular weight is 323 g/mol. The number of amides is 1. The molecule has 1 aromatic carbocycles. The summed E-state index contributed by atoms with van der Waals surface area (Å²) in [6.45, 7) is 1.84. The highest BCUT2D eigenvalue weighted by molar-refractivity contribution is 9.10. The molecule has 0 unspecified atom stereocenters. The summed E-state index contributed by atoms with van der Waals surface area (Å²) in [5, 5.41) is 2.75. The van der Waals surface area contributed by atoms with Gasteiger partial charge in [-0.2, -0.15) is 0 Å². The first-order chi connectivity index (χ1) is 9.08. The van der Waals surface area contributed by atoms with Gasteiger partial charge in [0.25, 0.3) is 5.91 Å². The van der Waals surface area contributed by atoms with Crippen LogP contribution in [0.1, 0.15) is 28.9 Å². The first-order valence-electron chi connectivity index (χ1n) is 5.74. The molecule has 0 fully saturated rings. The Morgan fingerprint density at radius 1 is 1.32 bits per heavy atom. The summed E-state index contributed by atoms with van der Waals surface area (Å²) in [7, 11) is 0. The lowest BCUT2D eigenvalue weighted by Crippen LogP contribution is -2.27.